The summed E-state index contributed by atoms with van der Waals surface area (Å²) in [5.41, 5.74) is 2.66. The van der Waals surface area contributed by atoms with E-state index in [1.807, 2.05) is 11.3 Å². The number of methoxy groups -OCH3 is 1. The van der Waals surface area contributed by atoms with Crippen LogP contribution in [0, 0.1) is 0 Å². The fraction of sp³-hybridized carbons (Fsp3) is 0.471. The highest BCUT2D eigenvalue weighted by molar-refractivity contribution is 7.12. The van der Waals surface area contributed by atoms with Crippen molar-refractivity contribution in [3.8, 4) is 0 Å². The Labute approximate surface area is 130 Å². The van der Waals surface area contributed by atoms with Gasteiger partial charge in [-0.25, -0.2) is 4.98 Å². The minimum absolute atomic E-state index is 0.166. The van der Waals surface area contributed by atoms with Gasteiger partial charge in [-0.2, -0.15) is 0 Å². The third kappa shape index (κ3) is 2.89. The van der Waals surface area contributed by atoms with Gasteiger partial charge in [0.15, 0.2) is 0 Å². The van der Waals surface area contributed by atoms with Crippen LogP contribution in [0.1, 0.15) is 40.9 Å². The molecule has 0 unspecified atom stereocenters. The van der Waals surface area contributed by atoms with E-state index in [4.69, 9.17) is 9.72 Å². The SMILES string of the molecule is CCNCc1sc(C2(c3ccccc3)CC2)nc1COC. The highest BCUT2D eigenvalue weighted by atomic mass is 32.1. The second kappa shape index (κ2) is 6.26. The van der Waals surface area contributed by atoms with Crippen molar-refractivity contribution >= 4 is 11.3 Å². The molecule has 1 heterocycles. The Hall–Kier alpha value is -1.23. The van der Waals surface area contributed by atoms with E-state index < -0.39 is 0 Å². The molecule has 1 N–H and O–H groups in total. The molecule has 1 aliphatic rings. The predicted octanol–water partition coefficient (Wildman–Crippen LogP) is 3.48. The van der Waals surface area contributed by atoms with Crippen LogP contribution in [-0.4, -0.2) is 18.6 Å². The molecule has 21 heavy (non-hydrogen) atoms. The first-order chi connectivity index (χ1) is 10.3. The van der Waals surface area contributed by atoms with E-state index >= 15 is 0 Å². The summed E-state index contributed by atoms with van der Waals surface area (Å²) >= 11 is 1.85. The molecule has 1 saturated carbocycles. The number of ether oxygens (including phenoxy) is 1. The minimum Gasteiger partial charge on any atom is -0.378 e. The summed E-state index contributed by atoms with van der Waals surface area (Å²) in [6, 6.07) is 10.8. The van der Waals surface area contributed by atoms with Crippen molar-refractivity contribution in [3.05, 3.63) is 51.5 Å². The fourth-order valence-corrected chi connectivity index (χ4v) is 4.03. The number of nitrogens with one attached hydrogen (secondary N) is 1. The maximum atomic E-state index is 5.32. The van der Waals surface area contributed by atoms with Gasteiger partial charge in [0.05, 0.1) is 12.3 Å². The first-order valence-corrected chi connectivity index (χ1v) is 8.36. The zero-order valence-corrected chi connectivity index (χ0v) is 13.5. The summed E-state index contributed by atoms with van der Waals surface area (Å²) in [4.78, 5) is 6.23. The Morgan fingerprint density at radius 3 is 2.67 bits per heavy atom. The summed E-state index contributed by atoms with van der Waals surface area (Å²) in [7, 11) is 1.74. The zero-order valence-electron chi connectivity index (χ0n) is 12.7. The number of hydrogen-bond donors (Lipinski definition) is 1. The smallest absolute Gasteiger partial charge is 0.104 e. The van der Waals surface area contributed by atoms with E-state index in [-0.39, 0.29) is 5.41 Å². The molecule has 3 nitrogen and oxygen atoms in total. The predicted molar refractivity (Wildman–Crippen MR) is 86.7 cm³/mol. The van der Waals surface area contributed by atoms with Crippen molar-refractivity contribution in [2.24, 2.45) is 0 Å². The molecular weight excluding hydrogens is 280 g/mol. The zero-order chi connectivity index (χ0) is 14.7. The number of nitrogens with zero attached hydrogens (tertiary/aromatic N) is 1. The molecule has 1 aliphatic carbocycles. The molecule has 1 aromatic carbocycles. The topological polar surface area (TPSA) is 34.2 Å². The van der Waals surface area contributed by atoms with Gasteiger partial charge in [-0.1, -0.05) is 37.3 Å². The molecule has 0 spiro atoms. The van der Waals surface area contributed by atoms with Crippen molar-refractivity contribution in [2.75, 3.05) is 13.7 Å². The third-order valence-corrected chi connectivity index (χ3v) is 5.38. The lowest BCUT2D eigenvalue weighted by molar-refractivity contribution is 0.181. The molecule has 0 atom stereocenters. The summed E-state index contributed by atoms with van der Waals surface area (Å²) in [5, 5.41) is 4.66. The molecule has 3 rings (SSSR count). The molecule has 112 valence electrons. The van der Waals surface area contributed by atoms with Gasteiger partial charge in [-0.3, -0.25) is 0 Å². The fourth-order valence-electron chi connectivity index (χ4n) is 2.72. The standard InChI is InChI=1S/C17H22N2OS/c1-3-18-11-15-14(12-20-2)19-16(21-15)17(9-10-17)13-7-5-4-6-8-13/h4-8,18H,3,9-12H2,1-2H3. The van der Waals surface area contributed by atoms with Gasteiger partial charge in [0.1, 0.15) is 5.01 Å². The van der Waals surface area contributed by atoms with Gasteiger partial charge < -0.3 is 10.1 Å². The Bertz CT molecular complexity index is 590. The van der Waals surface area contributed by atoms with Crippen molar-refractivity contribution in [2.45, 2.75) is 38.3 Å². The average Bonchev–Trinajstić information content (AvgIpc) is 3.24. The second-order valence-corrected chi connectivity index (χ2v) is 6.63. The van der Waals surface area contributed by atoms with E-state index in [9.17, 15) is 0 Å². The minimum atomic E-state index is 0.166. The van der Waals surface area contributed by atoms with Crippen LogP contribution < -0.4 is 5.32 Å². The normalized spacial score (nSPS) is 16.1. The van der Waals surface area contributed by atoms with E-state index in [0.29, 0.717) is 6.61 Å². The van der Waals surface area contributed by atoms with Crippen LogP contribution in [0.5, 0.6) is 0 Å². The maximum absolute atomic E-state index is 5.32. The molecule has 1 fully saturated rings. The summed E-state index contributed by atoms with van der Waals surface area (Å²) < 4.78 is 5.32. The lowest BCUT2D eigenvalue weighted by Crippen LogP contribution is -2.12. The van der Waals surface area contributed by atoms with Crippen molar-refractivity contribution in [1.82, 2.24) is 10.3 Å². The lowest BCUT2D eigenvalue weighted by atomic mass is 9.97. The Morgan fingerprint density at radius 2 is 2.05 bits per heavy atom. The van der Waals surface area contributed by atoms with Crippen molar-refractivity contribution in [1.29, 1.82) is 0 Å². The van der Waals surface area contributed by atoms with Crippen LogP contribution in [0.4, 0.5) is 0 Å². The van der Waals surface area contributed by atoms with Gasteiger partial charge in [-0.05, 0) is 24.9 Å². The lowest BCUT2D eigenvalue weighted by Gasteiger charge is -2.12. The van der Waals surface area contributed by atoms with Crippen molar-refractivity contribution in [3.63, 3.8) is 0 Å². The number of hydrogen-bond acceptors (Lipinski definition) is 4. The number of rotatable bonds is 7. The number of aromatic nitrogens is 1. The van der Waals surface area contributed by atoms with E-state index in [1.165, 1.54) is 28.3 Å². The van der Waals surface area contributed by atoms with Crippen molar-refractivity contribution < 1.29 is 4.74 Å². The number of benzene rings is 1. The summed E-state index contributed by atoms with van der Waals surface area (Å²) in [6.07, 6.45) is 2.41. The first-order valence-electron chi connectivity index (χ1n) is 7.54. The molecule has 4 heteroatoms. The highest BCUT2D eigenvalue weighted by Crippen LogP contribution is 2.54. The molecule has 0 saturated heterocycles. The Balaban J connectivity index is 1.92. The van der Waals surface area contributed by atoms with Crippen LogP contribution in [0.2, 0.25) is 0 Å². The Kier molecular flexibility index (Phi) is 4.38. The van der Waals surface area contributed by atoms with E-state index in [2.05, 4.69) is 42.6 Å². The summed E-state index contributed by atoms with van der Waals surface area (Å²) in [5.74, 6) is 0. The largest absolute Gasteiger partial charge is 0.378 e. The van der Waals surface area contributed by atoms with Gasteiger partial charge in [0, 0.05) is 23.9 Å². The molecule has 0 aliphatic heterocycles. The molecule has 0 amide bonds. The van der Waals surface area contributed by atoms with Gasteiger partial charge in [-0.15, -0.1) is 11.3 Å². The first kappa shape index (κ1) is 14.7. The molecule has 1 aromatic heterocycles. The van der Waals surface area contributed by atoms with Gasteiger partial charge in [0.2, 0.25) is 0 Å². The van der Waals surface area contributed by atoms with Crippen LogP contribution in [0.25, 0.3) is 0 Å². The van der Waals surface area contributed by atoms with Crippen LogP contribution in [0.15, 0.2) is 30.3 Å². The second-order valence-electron chi connectivity index (χ2n) is 5.55. The number of thiazole rings is 1. The van der Waals surface area contributed by atoms with Gasteiger partial charge >= 0.3 is 0 Å². The summed E-state index contributed by atoms with van der Waals surface area (Å²) in [6.45, 7) is 4.59. The van der Waals surface area contributed by atoms with Crippen LogP contribution in [0.3, 0.4) is 0 Å². The monoisotopic (exact) mass is 302 g/mol. The van der Waals surface area contributed by atoms with Crippen LogP contribution >= 0.6 is 11.3 Å². The maximum Gasteiger partial charge on any atom is 0.104 e. The van der Waals surface area contributed by atoms with Gasteiger partial charge in [0.25, 0.3) is 0 Å². The molecular formula is C17H22N2OS. The molecule has 0 radical (unpaired) electrons. The molecule has 0 bridgehead atoms. The van der Waals surface area contributed by atoms with E-state index in [1.54, 1.807) is 7.11 Å². The molecule has 2 aromatic rings. The Morgan fingerprint density at radius 1 is 1.29 bits per heavy atom. The average molecular weight is 302 g/mol. The quantitative estimate of drug-likeness (QED) is 0.850. The highest BCUT2D eigenvalue weighted by Gasteiger charge is 2.48. The third-order valence-electron chi connectivity index (χ3n) is 4.08. The van der Waals surface area contributed by atoms with Crippen LogP contribution in [-0.2, 0) is 23.3 Å². The van der Waals surface area contributed by atoms with E-state index in [0.717, 1.165) is 18.8 Å².